The fourth-order valence-electron chi connectivity index (χ4n) is 3.62. The van der Waals surface area contributed by atoms with Crippen LogP contribution in [0.3, 0.4) is 0 Å². The number of ether oxygens (including phenoxy) is 2. The molecule has 0 aliphatic rings. The largest absolute Gasteiger partial charge is 0.497 e. The third-order valence-corrected chi connectivity index (χ3v) is 5.45. The van der Waals surface area contributed by atoms with E-state index in [1.807, 2.05) is 54.6 Å². The summed E-state index contributed by atoms with van der Waals surface area (Å²) in [6, 6.07) is 19.4. The Bertz CT molecular complexity index is 1290. The first-order chi connectivity index (χ1) is 16.0. The van der Waals surface area contributed by atoms with Crippen molar-refractivity contribution in [2.45, 2.75) is 6.54 Å². The molecule has 7 heteroatoms. The third kappa shape index (κ3) is 4.72. The predicted octanol–water partition coefficient (Wildman–Crippen LogP) is 4.63. The minimum absolute atomic E-state index is 0.0195. The summed E-state index contributed by atoms with van der Waals surface area (Å²) in [6.45, 7) is 0.533. The first kappa shape index (κ1) is 22.1. The van der Waals surface area contributed by atoms with E-state index in [1.54, 1.807) is 39.5 Å². The molecule has 0 fully saturated rings. The van der Waals surface area contributed by atoms with Gasteiger partial charge in [-0.3, -0.25) is 4.79 Å². The van der Waals surface area contributed by atoms with E-state index in [0.717, 1.165) is 44.9 Å². The van der Waals surface area contributed by atoms with Gasteiger partial charge in [-0.1, -0.05) is 18.2 Å². The van der Waals surface area contributed by atoms with Crippen LogP contribution in [-0.4, -0.2) is 49.1 Å². The van der Waals surface area contributed by atoms with Crippen molar-refractivity contribution in [1.82, 2.24) is 14.9 Å². The van der Waals surface area contributed by atoms with Crippen LogP contribution in [0.2, 0.25) is 0 Å². The Balaban J connectivity index is 1.62. The molecule has 1 N–H and O–H groups in total. The van der Waals surface area contributed by atoms with E-state index in [1.165, 1.54) is 0 Å². The van der Waals surface area contributed by atoms with Gasteiger partial charge in [0.25, 0.3) is 5.91 Å². The van der Waals surface area contributed by atoms with E-state index < -0.39 is 0 Å². The van der Waals surface area contributed by atoms with Gasteiger partial charge in [0.15, 0.2) is 0 Å². The van der Waals surface area contributed by atoms with Crippen LogP contribution in [0, 0.1) is 0 Å². The number of nitrogens with zero attached hydrogens (tertiary/aromatic N) is 3. The van der Waals surface area contributed by atoms with Crippen molar-refractivity contribution in [3.63, 3.8) is 0 Å². The van der Waals surface area contributed by atoms with Gasteiger partial charge in [-0.2, -0.15) is 0 Å². The summed E-state index contributed by atoms with van der Waals surface area (Å²) >= 11 is 0. The molecule has 7 nitrogen and oxygen atoms in total. The van der Waals surface area contributed by atoms with Gasteiger partial charge in [0.2, 0.25) is 0 Å². The Morgan fingerprint density at radius 2 is 1.67 bits per heavy atom. The number of aromatic nitrogens is 2. The summed E-state index contributed by atoms with van der Waals surface area (Å²) in [7, 11) is 6.76. The maximum atomic E-state index is 12.2. The third-order valence-electron chi connectivity index (χ3n) is 5.45. The van der Waals surface area contributed by atoms with Crippen LogP contribution in [0.25, 0.3) is 22.0 Å². The molecular weight excluding hydrogens is 416 g/mol. The van der Waals surface area contributed by atoms with Crippen LogP contribution in [-0.2, 0) is 6.54 Å². The van der Waals surface area contributed by atoms with Crippen LogP contribution in [0.1, 0.15) is 15.9 Å². The SMILES string of the molecule is COc1ccc(CNc2ncnc3ccc(-c4ccc(C(=O)N(C)C)cc4)cc23)c(OC)c1. The summed E-state index contributed by atoms with van der Waals surface area (Å²) in [6.07, 6.45) is 1.55. The zero-order valence-electron chi connectivity index (χ0n) is 19.1. The van der Waals surface area contributed by atoms with Gasteiger partial charge in [-0.25, -0.2) is 9.97 Å². The molecule has 0 bridgehead atoms. The summed E-state index contributed by atoms with van der Waals surface area (Å²) in [5.41, 5.74) is 4.52. The van der Waals surface area contributed by atoms with E-state index in [-0.39, 0.29) is 5.91 Å². The number of hydrogen-bond donors (Lipinski definition) is 1. The lowest BCUT2D eigenvalue weighted by Crippen LogP contribution is -2.21. The highest BCUT2D eigenvalue weighted by Crippen LogP contribution is 2.29. The highest BCUT2D eigenvalue weighted by molar-refractivity contribution is 5.95. The van der Waals surface area contributed by atoms with E-state index in [2.05, 4.69) is 21.4 Å². The topological polar surface area (TPSA) is 76.6 Å². The number of rotatable bonds is 7. The van der Waals surface area contributed by atoms with Gasteiger partial charge in [0, 0.05) is 43.2 Å². The lowest BCUT2D eigenvalue weighted by atomic mass is 10.0. The van der Waals surface area contributed by atoms with Crippen molar-refractivity contribution < 1.29 is 14.3 Å². The van der Waals surface area contributed by atoms with Crippen LogP contribution < -0.4 is 14.8 Å². The number of nitrogens with one attached hydrogen (secondary N) is 1. The van der Waals surface area contributed by atoms with Crippen molar-refractivity contribution in [3.05, 3.63) is 78.1 Å². The maximum Gasteiger partial charge on any atom is 0.253 e. The van der Waals surface area contributed by atoms with Crippen LogP contribution >= 0.6 is 0 Å². The summed E-state index contributed by atoms with van der Waals surface area (Å²) in [5, 5.41) is 4.32. The Morgan fingerprint density at radius 3 is 2.36 bits per heavy atom. The second-order valence-corrected chi connectivity index (χ2v) is 7.76. The summed E-state index contributed by atoms with van der Waals surface area (Å²) < 4.78 is 10.8. The van der Waals surface area contributed by atoms with Crippen LogP contribution in [0.5, 0.6) is 11.5 Å². The molecule has 0 unspecified atom stereocenters. The minimum Gasteiger partial charge on any atom is -0.497 e. The van der Waals surface area contributed by atoms with Gasteiger partial charge >= 0.3 is 0 Å². The predicted molar refractivity (Wildman–Crippen MR) is 130 cm³/mol. The average molecular weight is 443 g/mol. The number of methoxy groups -OCH3 is 2. The normalized spacial score (nSPS) is 10.7. The Hall–Kier alpha value is -4.13. The quantitative estimate of drug-likeness (QED) is 0.450. The molecule has 0 atom stereocenters. The van der Waals surface area contributed by atoms with E-state index in [4.69, 9.17) is 9.47 Å². The fraction of sp³-hybridized carbons (Fsp3) is 0.192. The molecule has 4 rings (SSSR count). The van der Waals surface area contributed by atoms with Crippen molar-refractivity contribution >= 4 is 22.6 Å². The number of benzene rings is 3. The van der Waals surface area contributed by atoms with Gasteiger partial charge < -0.3 is 19.7 Å². The van der Waals surface area contributed by atoms with Gasteiger partial charge in [0.05, 0.1) is 19.7 Å². The Labute approximate surface area is 193 Å². The molecule has 0 aliphatic heterocycles. The molecule has 33 heavy (non-hydrogen) atoms. The lowest BCUT2D eigenvalue weighted by Gasteiger charge is -2.13. The van der Waals surface area contributed by atoms with Crippen molar-refractivity contribution in [1.29, 1.82) is 0 Å². The molecule has 1 heterocycles. The molecule has 0 aliphatic carbocycles. The average Bonchev–Trinajstić information content (AvgIpc) is 2.86. The molecule has 0 spiro atoms. The number of hydrogen-bond acceptors (Lipinski definition) is 6. The number of anilines is 1. The Morgan fingerprint density at radius 1 is 0.909 bits per heavy atom. The lowest BCUT2D eigenvalue weighted by molar-refractivity contribution is 0.0827. The number of carbonyl (C=O) groups excluding carboxylic acids is 1. The molecule has 1 aromatic heterocycles. The van der Waals surface area contributed by atoms with E-state index >= 15 is 0 Å². The molecule has 1 amide bonds. The number of amides is 1. The van der Waals surface area contributed by atoms with Crippen molar-refractivity contribution in [3.8, 4) is 22.6 Å². The molecule has 168 valence electrons. The fourth-order valence-corrected chi connectivity index (χ4v) is 3.62. The Kier molecular flexibility index (Phi) is 6.40. The molecule has 3 aromatic carbocycles. The second-order valence-electron chi connectivity index (χ2n) is 7.76. The zero-order chi connectivity index (χ0) is 23.4. The van der Waals surface area contributed by atoms with Gasteiger partial charge in [0.1, 0.15) is 23.6 Å². The molecule has 0 saturated heterocycles. The van der Waals surface area contributed by atoms with Crippen molar-refractivity contribution in [2.75, 3.05) is 33.6 Å². The second kappa shape index (κ2) is 9.56. The smallest absolute Gasteiger partial charge is 0.253 e. The van der Waals surface area contributed by atoms with E-state index in [9.17, 15) is 4.79 Å². The molecule has 4 aromatic rings. The molecule has 0 saturated carbocycles. The van der Waals surface area contributed by atoms with Gasteiger partial charge in [-0.05, 0) is 47.5 Å². The number of carbonyl (C=O) groups is 1. The monoisotopic (exact) mass is 442 g/mol. The molecule has 0 radical (unpaired) electrons. The first-order valence-electron chi connectivity index (χ1n) is 10.5. The van der Waals surface area contributed by atoms with Crippen LogP contribution in [0.4, 0.5) is 5.82 Å². The van der Waals surface area contributed by atoms with Crippen molar-refractivity contribution in [2.24, 2.45) is 0 Å². The summed E-state index contributed by atoms with van der Waals surface area (Å²) in [5.74, 6) is 2.20. The standard InChI is InChI=1S/C26H26N4O3/c1-30(2)26(31)18-7-5-17(6-8-18)19-10-12-23-22(13-19)25(29-16-28-23)27-15-20-9-11-21(32-3)14-24(20)33-4/h5-14,16H,15H2,1-4H3,(H,27,28,29). The maximum absolute atomic E-state index is 12.2. The first-order valence-corrected chi connectivity index (χ1v) is 10.5. The van der Waals surface area contributed by atoms with Gasteiger partial charge in [-0.15, -0.1) is 0 Å². The summed E-state index contributed by atoms with van der Waals surface area (Å²) in [4.78, 5) is 22.6. The number of fused-ring (bicyclic) bond motifs is 1. The highest BCUT2D eigenvalue weighted by Gasteiger charge is 2.11. The minimum atomic E-state index is -0.0195. The van der Waals surface area contributed by atoms with Crippen LogP contribution in [0.15, 0.2) is 67.0 Å². The molecular formula is C26H26N4O3. The van der Waals surface area contributed by atoms with E-state index in [0.29, 0.717) is 12.1 Å². The zero-order valence-corrected chi connectivity index (χ0v) is 19.1. The highest BCUT2D eigenvalue weighted by atomic mass is 16.5.